The van der Waals surface area contributed by atoms with Gasteiger partial charge in [0.25, 0.3) is 5.91 Å². The van der Waals surface area contributed by atoms with Crippen LogP contribution in [-0.4, -0.2) is 22.7 Å². The first kappa shape index (κ1) is 17.5. The van der Waals surface area contributed by atoms with Gasteiger partial charge in [-0.2, -0.15) is 0 Å². The minimum absolute atomic E-state index is 0.125. The normalized spacial score (nSPS) is 14.4. The number of hydrogen-bond acceptors (Lipinski definition) is 3. The van der Waals surface area contributed by atoms with Gasteiger partial charge in [-0.05, 0) is 51.3 Å². The van der Waals surface area contributed by atoms with Gasteiger partial charge in [-0.15, -0.1) is 0 Å². The van der Waals surface area contributed by atoms with Gasteiger partial charge in [-0.1, -0.05) is 26.0 Å². The maximum absolute atomic E-state index is 12.1. The van der Waals surface area contributed by atoms with E-state index in [2.05, 4.69) is 5.32 Å². The summed E-state index contributed by atoms with van der Waals surface area (Å²) in [6, 6.07) is 7.21. The number of aliphatic hydroxyl groups excluding tert-OH is 1. The molecular formula is C17H27NO3. The Balaban J connectivity index is 2.62. The van der Waals surface area contributed by atoms with Crippen LogP contribution in [0.2, 0.25) is 0 Å². The molecule has 0 radical (unpaired) electrons. The van der Waals surface area contributed by atoms with E-state index >= 15 is 0 Å². The van der Waals surface area contributed by atoms with E-state index < -0.39 is 12.2 Å². The lowest BCUT2D eigenvalue weighted by atomic mass is 10.0. The van der Waals surface area contributed by atoms with Crippen LogP contribution >= 0.6 is 0 Å². The number of amides is 1. The Morgan fingerprint density at radius 2 is 1.86 bits per heavy atom. The molecule has 1 unspecified atom stereocenters. The summed E-state index contributed by atoms with van der Waals surface area (Å²) < 4.78 is 5.64. The lowest BCUT2D eigenvalue weighted by molar-refractivity contribution is -0.128. The van der Waals surface area contributed by atoms with E-state index in [0.717, 1.165) is 12.0 Å². The van der Waals surface area contributed by atoms with Crippen molar-refractivity contribution in [3.8, 4) is 5.75 Å². The zero-order valence-corrected chi connectivity index (χ0v) is 13.6. The maximum Gasteiger partial charge on any atom is 0.261 e. The molecule has 118 valence electrons. The highest BCUT2D eigenvalue weighted by molar-refractivity contribution is 5.81. The van der Waals surface area contributed by atoms with Crippen LogP contribution in [0.25, 0.3) is 0 Å². The van der Waals surface area contributed by atoms with Gasteiger partial charge in [0.15, 0.2) is 6.10 Å². The van der Waals surface area contributed by atoms with Gasteiger partial charge < -0.3 is 15.2 Å². The molecule has 1 aromatic rings. The van der Waals surface area contributed by atoms with Crippen LogP contribution in [0, 0.1) is 0 Å². The van der Waals surface area contributed by atoms with Crippen molar-refractivity contribution in [3.05, 3.63) is 29.8 Å². The van der Waals surface area contributed by atoms with E-state index in [1.165, 1.54) is 0 Å². The number of carbonyl (C=O) groups is 1. The lowest BCUT2D eigenvalue weighted by Crippen LogP contribution is -2.48. The zero-order valence-electron chi connectivity index (χ0n) is 13.6. The van der Waals surface area contributed by atoms with Crippen molar-refractivity contribution in [1.29, 1.82) is 0 Å². The van der Waals surface area contributed by atoms with Crippen molar-refractivity contribution in [2.45, 2.75) is 65.2 Å². The highest BCUT2D eigenvalue weighted by Crippen LogP contribution is 2.20. The largest absolute Gasteiger partial charge is 0.481 e. The van der Waals surface area contributed by atoms with Crippen molar-refractivity contribution in [2.75, 3.05) is 0 Å². The molecule has 0 bridgehead atoms. The second kappa shape index (κ2) is 7.46. The minimum Gasteiger partial charge on any atom is -0.481 e. The molecule has 4 nitrogen and oxygen atoms in total. The summed E-state index contributed by atoms with van der Waals surface area (Å²) in [6.45, 7) is 9.66. The van der Waals surface area contributed by atoms with Gasteiger partial charge in [-0.3, -0.25) is 4.79 Å². The fraction of sp³-hybridized carbons (Fsp3) is 0.588. The van der Waals surface area contributed by atoms with Crippen LogP contribution in [0.3, 0.4) is 0 Å². The summed E-state index contributed by atoms with van der Waals surface area (Å²) in [5, 5.41) is 12.7. The molecule has 0 heterocycles. The Labute approximate surface area is 127 Å². The van der Waals surface area contributed by atoms with Crippen LogP contribution in [0.5, 0.6) is 5.75 Å². The van der Waals surface area contributed by atoms with Gasteiger partial charge in [0.05, 0.1) is 6.10 Å². The molecule has 1 aromatic carbocycles. The quantitative estimate of drug-likeness (QED) is 0.811. The Bertz CT molecular complexity index is 454. The Kier molecular flexibility index (Phi) is 6.21. The number of aliphatic hydroxyl groups is 1. The second-order valence-electron chi connectivity index (χ2n) is 5.98. The second-order valence-corrected chi connectivity index (χ2v) is 5.98. The molecule has 2 N–H and O–H groups in total. The minimum atomic E-state index is -0.558. The first-order valence-electron chi connectivity index (χ1n) is 7.55. The molecule has 0 spiro atoms. The van der Waals surface area contributed by atoms with Gasteiger partial charge in [0.2, 0.25) is 0 Å². The maximum atomic E-state index is 12.1. The van der Waals surface area contributed by atoms with Crippen LogP contribution in [0.15, 0.2) is 24.3 Å². The summed E-state index contributed by atoms with van der Waals surface area (Å²) in [5.41, 5.74) is 0.623. The van der Waals surface area contributed by atoms with Crippen molar-refractivity contribution < 1.29 is 14.6 Å². The molecule has 0 saturated carbocycles. The summed E-state index contributed by atoms with van der Waals surface area (Å²) in [5.74, 6) is 0.499. The van der Waals surface area contributed by atoms with E-state index in [9.17, 15) is 9.90 Å². The molecule has 2 atom stereocenters. The fourth-order valence-electron chi connectivity index (χ4n) is 1.79. The first-order valence-corrected chi connectivity index (χ1v) is 7.55. The predicted molar refractivity (Wildman–Crippen MR) is 84.3 cm³/mol. The topological polar surface area (TPSA) is 58.6 Å². The van der Waals surface area contributed by atoms with E-state index in [4.69, 9.17) is 4.74 Å². The van der Waals surface area contributed by atoms with E-state index in [0.29, 0.717) is 12.2 Å². The Hall–Kier alpha value is -1.55. The number of carbonyl (C=O) groups excluding carboxylic acids is 1. The smallest absolute Gasteiger partial charge is 0.261 e. The number of ether oxygens (including phenoxy) is 1. The van der Waals surface area contributed by atoms with Crippen molar-refractivity contribution in [3.63, 3.8) is 0 Å². The number of benzene rings is 1. The van der Waals surface area contributed by atoms with Gasteiger partial charge in [0, 0.05) is 5.54 Å². The van der Waals surface area contributed by atoms with Gasteiger partial charge in [0.1, 0.15) is 5.75 Å². The molecule has 1 rings (SSSR count). The number of nitrogens with one attached hydrogen (secondary N) is 1. The lowest BCUT2D eigenvalue weighted by Gasteiger charge is -2.26. The van der Waals surface area contributed by atoms with Crippen molar-refractivity contribution in [2.24, 2.45) is 0 Å². The molecule has 0 aliphatic heterocycles. The third-order valence-electron chi connectivity index (χ3n) is 3.68. The van der Waals surface area contributed by atoms with Gasteiger partial charge >= 0.3 is 0 Å². The zero-order chi connectivity index (χ0) is 16.0. The molecular weight excluding hydrogens is 266 g/mol. The monoisotopic (exact) mass is 293 g/mol. The summed E-state index contributed by atoms with van der Waals surface area (Å²) in [4.78, 5) is 12.1. The summed E-state index contributed by atoms with van der Waals surface area (Å²) in [6.07, 6.45) is 0.517. The number of hydrogen-bond donors (Lipinski definition) is 2. The number of rotatable bonds is 7. The van der Waals surface area contributed by atoms with E-state index in [1.807, 2.05) is 39.8 Å². The van der Waals surface area contributed by atoms with Crippen LogP contribution < -0.4 is 10.1 Å². The van der Waals surface area contributed by atoms with Crippen molar-refractivity contribution >= 4 is 5.91 Å². The molecule has 0 aromatic heterocycles. The molecule has 4 heteroatoms. The van der Waals surface area contributed by atoms with Crippen LogP contribution in [0.1, 0.15) is 59.1 Å². The average molecular weight is 293 g/mol. The third-order valence-corrected chi connectivity index (χ3v) is 3.68. The molecule has 21 heavy (non-hydrogen) atoms. The van der Waals surface area contributed by atoms with E-state index in [1.54, 1.807) is 19.1 Å². The highest BCUT2D eigenvalue weighted by atomic mass is 16.5. The molecule has 0 aliphatic carbocycles. The van der Waals surface area contributed by atoms with Crippen molar-refractivity contribution in [1.82, 2.24) is 5.32 Å². The Morgan fingerprint density at radius 3 is 2.33 bits per heavy atom. The first-order chi connectivity index (χ1) is 9.79. The van der Waals surface area contributed by atoms with Crippen LogP contribution in [-0.2, 0) is 4.79 Å². The molecule has 0 saturated heterocycles. The van der Waals surface area contributed by atoms with Gasteiger partial charge in [-0.25, -0.2) is 0 Å². The summed E-state index contributed by atoms with van der Waals surface area (Å²) in [7, 11) is 0. The van der Waals surface area contributed by atoms with Crippen LogP contribution in [0.4, 0.5) is 0 Å². The average Bonchev–Trinajstić information content (AvgIpc) is 2.46. The molecule has 0 fully saturated rings. The molecule has 1 amide bonds. The standard InChI is InChI=1S/C17H27NO3/c1-6-15(19)13-8-10-14(11-9-13)21-12(3)16(20)18-17(4,5)7-2/h8-12,15,19H,6-7H2,1-5H3,(H,18,20)/t12?,15-/m0/s1. The van der Waals surface area contributed by atoms with E-state index in [-0.39, 0.29) is 11.4 Å². The predicted octanol–water partition coefficient (Wildman–Crippen LogP) is 3.20. The SMILES string of the molecule is CC[C@H](O)c1ccc(OC(C)C(=O)NC(C)(C)CC)cc1. The third kappa shape index (κ3) is 5.38. The highest BCUT2D eigenvalue weighted by Gasteiger charge is 2.22. The fourth-order valence-corrected chi connectivity index (χ4v) is 1.79. The Morgan fingerprint density at radius 1 is 1.29 bits per heavy atom. The molecule has 0 aliphatic rings. The summed E-state index contributed by atoms with van der Waals surface area (Å²) >= 11 is 0.